The standard InChI is InChI=1S/C15H11ClO/c16-15-9-6-12(7-10-15)5-8-13-3-1-2-4-14(13)11-17/h1-11H. The van der Waals surface area contributed by atoms with Crippen LogP contribution < -0.4 is 0 Å². The number of rotatable bonds is 3. The first-order chi connectivity index (χ1) is 8.29. The first kappa shape index (κ1) is 11.6. The Morgan fingerprint density at radius 2 is 1.47 bits per heavy atom. The molecule has 0 aliphatic heterocycles. The predicted octanol–water partition coefficient (Wildman–Crippen LogP) is 4.32. The molecule has 17 heavy (non-hydrogen) atoms. The van der Waals surface area contributed by atoms with Gasteiger partial charge in [-0.3, -0.25) is 4.79 Å². The van der Waals surface area contributed by atoms with E-state index in [9.17, 15) is 4.79 Å². The van der Waals surface area contributed by atoms with E-state index in [2.05, 4.69) is 0 Å². The highest BCUT2D eigenvalue weighted by Crippen LogP contribution is 2.14. The second-order valence-electron chi connectivity index (χ2n) is 3.63. The molecule has 0 saturated heterocycles. The molecule has 0 radical (unpaired) electrons. The van der Waals surface area contributed by atoms with Crippen molar-refractivity contribution in [3.8, 4) is 0 Å². The minimum atomic E-state index is 0.692. The largest absolute Gasteiger partial charge is 0.298 e. The van der Waals surface area contributed by atoms with Gasteiger partial charge in [-0.15, -0.1) is 0 Å². The van der Waals surface area contributed by atoms with Crippen molar-refractivity contribution in [3.05, 3.63) is 70.2 Å². The van der Waals surface area contributed by atoms with Gasteiger partial charge in [0, 0.05) is 10.6 Å². The molecule has 0 unspecified atom stereocenters. The molecule has 0 aliphatic rings. The Labute approximate surface area is 105 Å². The van der Waals surface area contributed by atoms with E-state index in [0.717, 1.165) is 22.4 Å². The van der Waals surface area contributed by atoms with Crippen molar-refractivity contribution in [2.75, 3.05) is 0 Å². The second-order valence-corrected chi connectivity index (χ2v) is 4.07. The second kappa shape index (κ2) is 5.46. The third kappa shape index (κ3) is 3.05. The summed E-state index contributed by atoms with van der Waals surface area (Å²) >= 11 is 5.81. The molecule has 0 heterocycles. The Morgan fingerprint density at radius 3 is 2.12 bits per heavy atom. The molecule has 2 heteroatoms. The monoisotopic (exact) mass is 242 g/mol. The zero-order valence-electron chi connectivity index (χ0n) is 9.14. The molecule has 2 rings (SSSR count). The molecule has 0 N–H and O–H groups in total. The number of carbonyl (C=O) groups is 1. The molecule has 0 bridgehead atoms. The predicted molar refractivity (Wildman–Crippen MR) is 72.2 cm³/mol. The average molecular weight is 243 g/mol. The Hall–Kier alpha value is -1.86. The number of carbonyl (C=O) groups excluding carboxylic acids is 1. The normalized spacial score (nSPS) is 10.6. The summed E-state index contributed by atoms with van der Waals surface area (Å²) in [6.07, 6.45) is 4.74. The fourth-order valence-electron chi connectivity index (χ4n) is 1.53. The van der Waals surface area contributed by atoms with Crippen LogP contribution in [0.2, 0.25) is 5.02 Å². The number of benzene rings is 2. The Bertz CT molecular complexity index is 541. The Morgan fingerprint density at radius 1 is 0.824 bits per heavy atom. The van der Waals surface area contributed by atoms with Crippen molar-refractivity contribution in [3.63, 3.8) is 0 Å². The highest BCUT2D eigenvalue weighted by molar-refractivity contribution is 6.30. The summed E-state index contributed by atoms with van der Waals surface area (Å²) in [5.41, 5.74) is 2.66. The topological polar surface area (TPSA) is 17.1 Å². The van der Waals surface area contributed by atoms with Crippen LogP contribution in [-0.2, 0) is 0 Å². The number of hydrogen-bond acceptors (Lipinski definition) is 1. The van der Waals surface area contributed by atoms with Crippen LogP contribution >= 0.6 is 11.6 Å². The summed E-state index contributed by atoms with van der Waals surface area (Å²) in [4.78, 5) is 10.8. The molecular formula is C15H11ClO. The van der Waals surface area contributed by atoms with Gasteiger partial charge < -0.3 is 0 Å². The lowest BCUT2D eigenvalue weighted by Crippen LogP contribution is -1.83. The first-order valence-corrected chi connectivity index (χ1v) is 5.65. The summed E-state index contributed by atoms with van der Waals surface area (Å²) in [7, 11) is 0. The van der Waals surface area contributed by atoms with Gasteiger partial charge >= 0.3 is 0 Å². The van der Waals surface area contributed by atoms with Crippen LogP contribution in [0, 0.1) is 0 Å². The van der Waals surface area contributed by atoms with Crippen LogP contribution in [0.1, 0.15) is 21.5 Å². The zero-order chi connectivity index (χ0) is 12.1. The maximum absolute atomic E-state index is 10.8. The molecule has 2 aromatic carbocycles. The first-order valence-electron chi connectivity index (χ1n) is 5.27. The summed E-state index contributed by atoms with van der Waals surface area (Å²) in [6.45, 7) is 0. The fourth-order valence-corrected chi connectivity index (χ4v) is 1.66. The van der Waals surface area contributed by atoms with E-state index in [1.54, 1.807) is 6.07 Å². The average Bonchev–Trinajstić information content (AvgIpc) is 2.38. The van der Waals surface area contributed by atoms with E-state index in [0.29, 0.717) is 5.56 Å². The van der Waals surface area contributed by atoms with E-state index in [4.69, 9.17) is 11.6 Å². The van der Waals surface area contributed by atoms with E-state index in [-0.39, 0.29) is 0 Å². The SMILES string of the molecule is O=Cc1ccccc1C=Cc1ccc(Cl)cc1. The van der Waals surface area contributed by atoms with E-state index in [1.807, 2.05) is 54.6 Å². The molecule has 1 nitrogen and oxygen atoms in total. The summed E-state index contributed by atoms with van der Waals surface area (Å²) in [5.74, 6) is 0. The minimum Gasteiger partial charge on any atom is -0.298 e. The van der Waals surface area contributed by atoms with Gasteiger partial charge in [-0.1, -0.05) is 60.2 Å². The summed E-state index contributed by atoms with van der Waals surface area (Å²) in [6, 6.07) is 15.0. The van der Waals surface area contributed by atoms with Crippen molar-refractivity contribution < 1.29 is 4.79 Å². The van der Waals surface area contributed by atoms with Gasteiger partial charge in [-0.25, -0.2) is 0 Å². The van der Waals surface area contributed by atoms with Gasteiger partial charge in [0.2, 0.25) is 0 Å². The van der Waals surface area contributed by atoms with Gasteiger partial charge in [-0.2, -0.15) is 0 Å². The van der Waals surface area contributed by atoms with Crippen molar-refractivity contribution in [2.45, 2.75) is 0 Å². The molecule has 84 valence electrons. The molecule has 0 atom stereocenters. The van der Waals surface area contributed by atoms with Crippen molar-refractivity contribution >= 4 is 30.0 Å². The zero-order valence-corrected chi connectivity index (χ0v) is 9.89. The van der Waals surface area contributed by atoms with Crippen LogP contribution in [0.15, 0.2) is 48.5 Å². The third-order valence-electron chi connectivity index (χ3n) is 2.45. The van der Waals surface area contributed by atoms with Crippen molar-refractivity contribution in [1.82, 2.24) is 0 Å². The lowest BCUT2D eigenvalue weighted by Gasteiger charge is -1.98. The van der Waals surface area contributed by atoms with Crippen LogP contribution in [-0.4, -0.2) is 6.29 Å². The molecule has 2 aromatic rings. The van der Waals surface area contributed by atoms with Gasteiger partial charge in [0.15, 0.2) is 6.29 Å². The minimum absolute atomic E-state index is 0.692. The van der Waals surface area contributed by atoms with Crippen molar-refractivity contribution in [2.24, 2.45) is 0 Å². The smallest absolute Gasteiger partial charge is 0.150 e. The molecule has 0 aliphatic carbocycles. The van der Waals surface area contributed by atoms with Crippen LogP contribution in [0.5, 0.6) is 0 Å². The number of halogens is 1. The molecule has 0 aromatic heterocycles. The molecule has 0 saturated carbocycles. The third-order valence-corrected chi connectivity index (χ3v) is 2.70. The van der Waals surface area contributed by atoms with Gasteiger partial charge in [0.1, 0.15) is 0 Å². The molecule has 0 amide bonds. The summed E-state index contributed by atoms with van der Waals surface area (Å²) in [5, 5.41) is 0.718. The Kier molecular flexibility index (Phi) is 3.73. The van der Waals surface area contributed by atoms with Gasteiger partial charge in [0.05, 0.1) is 0 Å². The van der Waals surface area contributed by atoms with Gasteiger partial charge in [-0.05, 0) is 23.3 Å². The van der Waals surface area contributed by atoms with E-state index in [1.165, 1.54) is 0 Å². The lowest BCUT2D eigenvalue weighted by molar-refractivity contribution is 0.112. The fraction of sp³-hybridized carbons (Fsp3) is 0. The highest BCUT2D eigenvalue weighted by Gasteiger charge is 1.95. The quantitative estimate of drug-likeness (QED) is 0.579. The lowest BCUT2D eigenvalue weighted by atomic mass is 10.1. The van der Waals surface area contributed by atoms with Crippen molar-refractivity contribution in [1.29, 1.82) is 0 Å². The summed E-state index contributed by atoms with van der Waals surface area (Å²) < 4.78 is 0. The number of hydrogen-bond donors (Lipinski definition) is 0. The molecule has 0 fully saturated rings. The molecule has 0 spiro atoms. The van der Waals surface area contributed by atoms with Crippen LogP contribution in [0.25, 0.3) is 12.2 Å². The van der Waals surface area contributed by atoms with E-state index < -0.39 is 0 Å². The maximum Gasteiger partial charge on any atom is 0.150 e. The highest BCUT2D eigenvalue weighted by atomic mass is 35.5. The van der Waals surface area contributed by atoms with Gasteiger partial charge in [0.25, 0.3) is 0 Å². The number of aldehydes is 1. The molecular weight excluding hydrogens is 232 g/mol. The van der Waals surface area contributed by atoms with Crippen LogP contribution in [0.3, 0.4) is 0 Å². The van der Waals surface area contributed by atoms with Crippen LogP contribution in [0.4, 0.5) is 0 Å². The Balaban J connectivity index is 2.25. The van der Waals surface area contributed by atoms with E-state index >= 15 is 0 Å². The maximum atomic E-state index is 10.8.